The molecule has 2 amide bonds. The first-order valence-corrected chi connectivity index (χ1v) is 9.23. The molecule has 0 bridgehead atoms. The number of H-pyrrole nitrogens is 1. The molecule has 1 saturated heterocycles. The Morgan fingerprint density at radius 3 is 2.67 bits per heavy atom. The molecular formula is C21H23N3O3. The number of aromatic nitrogens is 1. The van der Waals surface area contributed by atoms with Gasteiger partial charge in [-0.25, -0.2) is 0 Å². The van der Waals surface area contributed by atoms with Crippen LogP contribution in [-0.4, -0.2) is 40.8 Å². The largest absolute Gasteiger partial charge is 0.472 e. The van der Waals surface area contributed by atoms with Crippen molar-refractivity contribution in [1.82, 2.24) is 15.2 Å². The lowest BCUT2D eigenvalue weighted by atomic mass is 10.0. The first-order chi connectivity index (χ1) is 13.0. The normalized spacial score (nSPS) is 15.3. The van der Waals surface area contributed by atoms with Crippen LogP contribution in [0.4, 0.5) is 0 Å². The second kappa shape index (κ2) is 6.95. The monoisotopic (exact) mass is 365 g/mol. The lowest BCUT2D eigenvalue weighted by molar-refractivity contribution is 0.0697. The summed E-state index contributed by atoms with van der Waals surface area (Å²) in [7, 11) is 0. The molecular weight excluding hydrogens is 342 g/mol. The molecule has 1 fully saturated rings. The first-order valence-electron chi connectivity index (χ1n) is 9.23. The van der Waals surface area contributed by atoms with Gasteiger partial charge in [-0.2, -0.15) is 0 Å². The summed E-state index contributed by atoms with van der Waals surface area (Å²) in [6.07, 6.45) is 4.46. The lowest BCUT2D eigenvalue weighted by Gasteiger charge is -2.32. The highest BCUT2D eigenvalue weighted by Gasteiger charge is 2.25. The van der Waals surface area contributed by atoms with Gasteiger partial charge < -0.3 is 19.6 Å². The Balaban J connectivity index is 1.38. The maximum absolute atomic E-state index is 12.6. The van der Waals surface area contributed by atoms with E-state index in [0.717, 1.165) is 29.3 Å². The van der Waals surface area contributed by atoms with Gasteiger partial charge >= 0.3 is 0 Å². The summed E-state index contributed by atoms with van der Waals surface area (Å²) in [5.74, 6) is -0.113. The van der Waals surface area contributed by atoms with E-state index in [1.54, 1.807) is 6.07 Å². The number of hydrogen-bond donors (Lipinski definition) is 2. The van der Waals surface area contributed by atoms with Crippen molar-refractivity contribution in [2.75, 3.05) is 13.1 Å². The summed E-state index contributed by atoms with van der Waals surface area (Å²) in [6.45, 7) is 5.35. The zero-order valence-corrected chi connectivity index (χ0v) is 15.5. The molecule has 0 aliphatic carbocycles. The van der Waals surface area contributed by atoms with Crippen molar-refractivity contribution in [3.8, 4) is 0 Å². The van der Waals surface area contributed by atoms with Crippen molar-refractivity contribution in [1.29, 1.82) is 0 Å². The van der Waals surface area contributed by atoms with E-state index in [9.17, 15) is 9.59 Å². The molecule has 6 heteroatoms. The van der Waals surface area contributed by atoms with Crippen LogP contribution >= 0.6 is 0 Å². The van der Waals surface area contributed by atoms with Gasteiger partial charge in [0.25, 0.3) is 11.8 Å². The average molecular weight is 365 g/mol. The van der Waals surface area contributed by atoms with Gasteiger partial charge in [-0.3, -0.25) is 9.59 Å². The van der Waals surface area contributed by atoms with Crippen LogP contribution in [0, 0.1) is 13.8 Å². The van der Waals surface area contributed by atoms with E-state index in [1.165, 1.54) is 18.1 Å². The maximum atomic E-state index is 12.6. The Morgan fingerprint density at radius 2 is 1.96 bits per heavy atom. The Bertz CT molecular complexity index is 980. The van der Waals surface area contributed by atoms with Gasteiger partial charge in [0.15, 0.2) is 0 Å². The molecule has 4 rings (SSSR count). The molecule has 27 heavy (non-hydrogen) atoms. The molecule has 6 nitrogen and oxygen atoms in total. The molecule has 3 aromatic rings. The van der Waals surface area contributed by atoms with Gasteiger partial charge in [0.05, 0.1) is 11.8 Å². The lowest BCUT2D eigenvalue weighted by Crippen LogP contribution is -2.46. The van der Waals surface area contributed by atoms with Crippen molar-refractivity contribution in [3.05, 3.63) is 59.2 Å². The number of furan rings is 1. The van der Waals surface area contributed by atoms with Crippen molar-refractivity contribution in [3.63, 3.8) is 0 Å². The van der Waals surface area contributed by atoms with Gasteiger partial charge in [0, 0.05) is 30.0 Å². The van der Waals surface area contributed by atoms with E-state index >= 15 is 0 Å². The second-order valence-electron chi connectivity index (χ2n) is 7.28. The Morgan fingerprint density at radius 1 is 1.19 bits per heavy atom. The first kappa shape index (κ1) is 17.4. The predicted octanol–water partition coefficient (Wildman–Crippen LogP) is 3.41. The fourth-order valence-electron chi connectivity index (χ4n) is 3.78. The number of amides is 2. The molecule has 1 aliphatic rings. The number of likely N-dealkylation sites (tertiary alicyclic amines) is 1. The SMILES string of the molecule is Cc1cc(C)c2cc(C(=O)NC3CCN(C(=O)c4ccoc4)CC3)[nH]c2c1. The highest BCUT2D eigenvalue weighted by molar-refractivity contribution is 5.99. The zero-order valence-electron chi connectivity index (χ0n) is 15.5. The van der Waals surface area contributed by atoms with Crippen LogP contribution < -0.4 is 5.32 Å². The van der Waals surface area contributed by atoms with Crippen LogP contribution in [0.15, 0.2) is 41.2 Å². The van der Waals surface area contributed by atoms with E-state index in [0.29, 0.717) is 24.3 Å². The summed E-state index contributed by atoms with van der Waals surface area (Å²) < 4.78 is 4.98. The number of nitrogens with zero attached hydrogens (tertiary/aromatic N) is 1. The van der Waals surface area contributed by atoms with Crippen molar-refractivity contribution in [2.24, 2.45) is 0 Å². The van der Waals surface area contributed by atoms with E-state index in [-0.39, 0.29) is 17.9 Å². The van der Waals surface area contributed by atoms with Crippen LogP contribution in [0.25, 0.3) is 10.9 Å². The van der Waals surface area contributed by atoms with Gasteiger partial charge in [0.1, 0.15) is 12.0 Å². The van der Waals surface area contributed by atoms with Gasteiger partial charge in [-0.1, -0.05) is 6.07 Å². The minimum Gasteiger partial charge on any atom is -0.472 e. The third-order valence-electron chi connectivity index (χ3n) is 5.22. The molecule has 0 unspecified atom stereocenters. The number of aromatic amines is 1. The number of hydrogen-bond acceptors (Lipinski definition) is 3. The maximum Gasteiger partial charge on any atom is 0.267 e. The summed E-state index contributed by atoms with van der Waals surface area (Å²) in [4.78, 5) is 30.0. The third kappa shape index (κ3) is 3.47. The predicted molar refractivity (Wildman–Crippen MR) is 103 cm³/mol. The number of piperidine rings is 1. The molecule has 0 spiro atoms. The molecule has 1 aliphatic heterocycles. The highest BCUT2D eigenvalue weighted by Crippen LogP contribution is 2.22. The molecule has 0 atom stereocenters. The molecule has 2 aromatic heterocycles. The van der Waals surface area contributed by atoms with Gasteiger partial charge in [-0.05, 0) is 56.0 Å². The van der Waals surface area contributed by atoms with Crippen LogP contribution in [0.5, 0.6) is 0 Å². The minimum absolute atomic E-state index is 0.0185. The molecule has 0 saturated carbocycles. The summed E-state index contributed by atoms with van der Waals surface area (Å²) in [5.41, 5.74) is 4.46. The van der Waals surface area contributed by atoms with Gasteiger partial charge in [-0.15, -0.1) is 0 Å². The van der Waals surface area contributed by atoms with Crippen LogP contribution in [0.2, 0.25) is 0 Å². The van der Waals surface area contributed by atoms with E-state index < -0.39 is 0 Å². The molecule has 1 aromatic carbocycles. The fraction of sp³-hybridized carbons (Fsp3) is 0.333. The van der Waals surface area contributed by atoms with E-state index in [1.807, 2.05) is 17.9 Å². The standard InChI is InChI=1S/C21H23N3O3/c1-13-9-14(2)17-11-19(23-18(17)10-13)20(25)22-16-3-6-24(7-4-16)21(26)15-5-8-27-12-15/h5,8-12,16,23H,3-4,6-7H2,1-2H3,(H,22,25). The highest BCUT2D eigenvalue weighted by atomic mass is 16.3. The Labute approximate surface area is 157 Å². The zero-order chi connectivity index (χ0) is 19.0. The summed E-state index contributed by atoms with van der Waals surface area (Å²) in [6, 6.07) is 7.83. The fourth-order valence-corrected chi connectivity index (χ4v) is 3.78. The molecule has 140 valence electrons. The number of carbonyl (C=O) groups excluding carboxylic acids is 2. The third-order valence-corrected chi connectivity index (χ3v) is 5.22. The summed E-state index contributed by atoms with van der Waals surface area (Å²) >= 11 is 0. The second-order valence-corrected chi connectivity index (χ2v) is 7.28. The van der Waals surface area contributed by atoms with Crippen molar-refractivity contribution >= 4 is 22.7 Å². The molecule has 2 N–H and O–H groups in total. The van der Waals surface area contributed by atoms with Crippen LogP contribution in [0.1, 0.15) is 44.8 Å². The van der Waals surface area contributed by atoms with Crippen LogP contribution in [-0.2, 0) is 0 Å². The topological polar surface area (TPSA) is 78.3 Å². The molecule has 0 radical (unpaired) electrons. The number of benzene rings is 1. The number of rotatable bonds is 3. The molecule has 3 heterocycles. The van der Waals surface area contributed by atoms with Gasteiger partial charge in [0.2, 0.25) is 0 Å². The number of aryl methyl sites for hydroxylation is 2. The number of nitrogens with one attached hydrogen (secondary N) is 2. The number of carbonyl (C=O) groups is 2. The average Bonchev–Trinajstić information content (AvgIpc) is 3.31. The van der Waals surface area contributed by atoms with Crippen molar-refractivity contribution < 1.29 is 14.0 Å². The summed E-state index contributed by atoms with van der Waals surface area (Å²) in [5, 5.41) is 4.17. The van der Waals surface area contributed by atoms with E-state index in [2.05, 4.69) is 29.4 Å². The minimum atomic E-state index is -0.0946. The Kier molecular flexibility index (Phi) is 4.48. The van der Waals surface area contributed by atoms with Crippen molar-refractivity contribution in [2.45, 2.75) is 32.7 Å². The quantitative estimate of drug-likeness (QED) is 0.747. The smallest absolute Gasteiger partial charge is 0.267 e. The number of fused-ring (bicyclic) bond motifs is 1. The van der Waals surface area contributed by atoms with Crippen LogP contribution in [0.3, 0.4) is 0 Å². The Hall–Kier alpha value is -3.02. The van der Waals surface area contributed by atoms with E-state index in [4.69, 9.17) is 4.42 Å².